The van der Waals surface area contributed by atoms with E-state index in [0.29, 0.717) is 18.7 Å². The summed E-state index contributed by atoms with van der Waals surface area (Å²) < 4.78 is 40.4. The van der Waals surface area contributed by atoms with Crippen molar-refractivity contribution >= 4 is 23.2 Å². The monoisotopic (exact) mass is 412 g/mol. The molecular weight excluding hydrogens is 393 g/mol. The fourth-order valence-corrected chi connectivity index (χ4v) is 3.73. The van der Waals surface area contributed by atoms with E-state index in [0.717, 1.165) is 6.42 Å². The van der Waals surface area contributed by atoms with Crippen LogP contribution in [0.2, 0.25) is 0 Å². The van der Waals surface area contributed by atoms with Gasteiger partial charge in [0.2, 0.25) is 11.8 Å². The summed E-state index contributed by atoms with van der Waals surface area (Å²) in [6.07, 6.45) is -3.85. The molecule has 1 N–H and O–H groups in total. The van der Waals surface area contributed by atoms with Gasteiger partial charge in [0, 0.05) is 30.9 Å². The topological polar surface area (TPSA) is 58.6 Å². The minimum Gasteiger partial charge on any atom is -0.406 e. The number of hydrogen-bond donors (Lipinski definition) is 1. The lowest BCUT2D eigenvalue weighted by Gasteiger charge is -2.17. The number of carbonyl (C=O) groups excluding carboxylic acids is 2. The first-order valence-corrected chi connectivity index (χ1v) is 9.61. The molecule has 0 spiro atoms. The van der Waals surface area contributed by atoms with E-state index in [4.69, 9.17) is 0 Å². The van der Waals surface area contributed by atoms with Crippen molar-refractivity contribution < 1.29 is 27.5 Å². The van der Waals surface area contributed by atoms with E-state index in [-0.39, 0.29) is 30.5 Å². The molecule has 1 aliphatic heterocycles. The first kappa shape index (κ1) is 20.2. The largest absolute Gasteiger partial charge is 0.573 e. The van der Waals surface area contributed by atoms with Crippen molar-refractivity contribution in [3.63, 3.8) is 0 Å². The molecule has 1 saturated heterocycles. The van der Waals surface area contributed by atoms with Crippen molar-refractivity contribution in [2.24, 2.45) is 5.92 Å². The summed E-state index contributed by atoms with van der Waals surface area (Å²) in [5.41, 5.74) is 0.668. The molecule has 0 radical (unpaired) electrons. The van der Waals surface area contributed by atoms with Gasteiger partial charge in [-0.1, -0.05) is 18.2 Å². The Labute approximate surface area is 164 Å². The molecule has 9 heteroatoms. The molecule has 0 unspecified atom stereocenters. The Balaban J connectivity index is 1.48. The lowest BCUT2D eigenvalue weighted by molar-refractivity contribution is -0.274. The van der Waals surface area contributed by atoms with Crippen LogP contribution in [0.25, 0.3) is 0 Å². The molecule has 1 atom stereocenters. The van der Waals surface area contributed by atoms with Crippen LogP contribution in [0.15, 0.2) is 41.8 Å². The van der Waals surface area contributed by atoms with E-state index in [1.165, 1.54) is 29.1 Å². The average molecular weight is 412 g/mol. The second-order valence-electron chi connectivity index (χ2n) is 6.49. The Hall–Kier alpha value is -2.55. The maximum atomic E-state index is 12.3. The number of amides is 2. The number of nitrogens with zero attached hydrogens (tertiary/aromatic N) is 1. The molecule has 2 aromatic rings. The number of benzene rings is 1. The van der Waals surface area contributed by atoms with Crippen molar-refractivity contribution in [3.8, 4) is 5.75 Å². The summed E-state index contributed by atoms with van der Waals surface area (Å²) in [4.78, 5) is 27.2. The predicted octanol–water partition coefficient (Wildman–Crippen LogP) is 3.35. The average Bonchev–Trinajstić information content (AvgIpc) is 3.26. The highest BCUT2D eigenvalue weighted by Crippen LogP contribution is 2.25. The number of halogens is 3. The Morgan fingerprint density at radius 1 is 1.25 bits per heavy atom. The number of alkyl halides is 3. The van der Waals surface area contributed by atoms with Gasteiger partial charge in [0.05, 0.1) is 5.92 Å². The summed E-state index contributed by atoms with van der Waals surface area (Å²) >= 11 is 1.63. The second-order valence-corrected chi connectivity index (χ2v) is 7.52. The number of ether oxygens (including phenoxy) is 1. The van der Waals surface area contributed by atoms with Gasteiger partial charge >= 0.3 is 6.36 Å². The van der Waals surface area contributed by atoms with Crippen molar-refractivity contribution in [1.29, 1.82) is 0 Å². The number of rotatable bonds is 7. The van der Waals surface area contributed by atoms with Gasteiger partial charge < -0.3 is 15.0 Å². The van der Waals surface area contributed by atoms with Gasteiger partial charge in [-0.3, -0.25) is 9.59 Å². The van der Waals surface area contributed by atoms with Crippen LogP contribution in [-0.2, 0) is 22.6 Å². The molecule has 2 heterocycles. The van der Waals surface area contributed by atoms with Crippen LogP contribution in [0.5, 0.6) is 5.75 Å². The molecule has 0 aliphatic carbocycles. The third-order valence-electron chi connectivity index (χ3n) is 4.37. The van der Waals surface area contributed by atoms with Crippen LogP contribution in [-0.4, -0.2) is 36.2 Å². The minimum atomic E-state index is -4.74. The van der Waals surface area contributed by atoms with Crippen LogP contribution in [0.1, 0.15) is 16.9 Å². The number of carbonyl (C=O) groups is 2. The van der Waals surface area contributed by atoms with Crippen LogP contribution in [0.3, 0.4) is 0 Å². The van der Waals surface area contributed by atoms with E-state index < -0.39 is 12.3 Å². The number of hydrogen-bond acceptors (Lipinski definition) is 4. The highest BCUT2D eigenvalue weighted by atomic mass is 32.1. The van der Waals surface area contributed by atoms with Crippen molar-refractivity contribution in [1.82, 2.24) is 10.2 Å². The summed E-state index contributed by atoms with van der Waals surface area (Å²) in [6.45, 7) is 1.05. The van der Waals surface area contributed by atoms with Crippen molar-refractivity contribution in [2.45, 2.75) is 25.7 Å². The zero-order valence-electron chi connectivity index (χ0n) is 14.9. The molecule has 1 fully saturated rings. The molecule has 1 aromatic heterocycles. The summed E-state index contributed by atoms with van der Waals surface area (Å²) in [7, 11) is 0. The van der Waals surface area contributed by atoms with Gasteiger partial charge in [-0.2, -0.15) is 0 Å². The van der Waals surface area contributed by atoms with Gasteiger partial charge in [-0.25, -0.2) is 0 Å². The van der Waals surface area contributed by atoms with E-state index >= 15 is 0 Å². The number of thiophene rings is 1. The third kappa shape index (κ3) is 5.72. The summed E-state index contributed by atoms with van der Waals surface area (Å²) in [6, 6.07) is 9.32. The van der Waals surface area contributed by atoms with Gasteiger partial charge in [-0.05, 0) is 35.6 Å². The molecular formula is C19H19F3N2O3S. The minimum absolute atomic E-state index is 0.139. The normalized spacial score (nSPS) is 17.0. The highest BCUT2D eigenvalue weighted by molar-refractivity contribution is 7.09. The molecule has 1 aliphatic rings. The smallest absolute Gasteiger partial charge is 0.406 e. The Morgan fingerprint density at radius 2 is 2.00 bits per heavy atom. The molecule has 0 bridgehead atoms. The molecule has 5 nitrogen and oxygen atoms in total. The standard InChI is InChI=1S/C19H19F3N2O3S/c20-19(21,22)27-15-5-3-13(4-6-15)11-24-12-14(10-17(24)25)18(26)23-8-7-16-2-1-9-28-16/h1-6,9,14H,7-8,10-12H2,(H,23,26)/t14-/m0/s1. The van der Waals surface area contributed by atoms with Crippen molar-refractivity contribution in [2.75, 3.05) is 13.1 Å². The van der Waals surface area contributed by atoms with Crippen LogP contribution >= 0.6 is 11.3 Å². The third-order valence-corrected chi connectivity index (χ3v) is 5.30. The Morgan fingerprint density at radius 3 is 2.64 bits per heavy atom. The molecule has 2 amide bonds. The fourth-order valence-electron chi connectivity index (χ4n) is 3.03. The first-order chi connectivity index (χ1) is 13.3. The Bertz CT molecular complexity index is 807. The maximum Gasteiger partial charge on any atom is 0.573 e. The summed E-state index contributed by atoms with van der Waals surface area (Å²) in [5.74, 6) is -1.02. The lowest BCUT2D eigenvalue weighted by Crippen LogP contribution is -2.34. The SMILES string of the molecule is O=C(NCCc1cccs1)[C@H]1CC(=O)N(Cc2ccc(OC(F)(F)F)cc2)C1. The van der Waals surface area contributed by atoms with Gasteiger partial charge in [0.15, 0.2) is 0 Å². The first-order valence-electron chi connectivity index (χ1n) is 8.73. The van der Waals surface area contributed by atoms with Gasteiger partial charge in [0.25, 0.3) is 0 Å². The zero-order chi connectivity index (χ0) is 20.1. The van der Waals surface area contributed by atoms with E-state index in [9.17, 15) is 22.8 Å². The van der Waals surface area contributed by atoms with E-state index in [1.807, 2.05) is 17.5 Å². The number of likely N-dealkylation sites (tertiary alicyclic amines) is 1. The van der Waals surface area contributed by atoms with Crippen molar-refractivity contribution in [3.05, 3.63) is 52.2 Å². The quantitative estimate of drug-likeness (QED) is 0.759. The zero-order valence-corrected chi connectivity index (χ0v) is 15.7. The van der Waals surface area contributed by atoms with Crippen LogP contribution < -0.4 is 10.1 Å². The van der Waals surface area contributed by atoms with Gasteiger partial charge in [-0.15, -0.1) is 24.5 Å². The maximum absolute atomic E-state index is 12.3. The van der Waals surface area contributed by atoms with E-state index in [2.05, 4.69) is 10.1 Å². The second kappa shape index (κ2) is 8.64. The highest BCUT2D eigenvalue weighted by Gasteiger charge is 2.34. The molecule has 28 heavy (non-hydrogen) atoms. The summed E-state index contributed by atoms with van der Waals surface area (Å²) in [5, 5.41) is 4.84. The van der Waals surface area contributed by atoms with Crippen LogP contribution in [0, 0.1) is 5.92 Å². The van der Waals surface area contributed by atoms with E-state index in [1.54, 1.807) is 16.2 Å². The Kier molecular flexibility index (Phi) is 6.23. The van der Waals surface area contributed by atoms with Gasteiger partial charge in [0.1, 0.15) is 5.75 Å². The lowest BCUT2D eigenvalue weighted by atomic mass is 10.1. The fraction of sp³-hybridized carbons (Fsp3) is 0.368. The molecule has 1 aromatic carbocycles. The number of nitrogens with one attached hydrogen (secondary N) is 1. The molecule has 3 rings (SSSR count). The predicted molar refractivity (Wildman–Crippen MR) is 97.7 cm³/mol. The molecule has 150 valence electrons. The molecule has 0 saturated carbocycles. The van der Waals surface area contributed by atoms with Crippen LogP contribution in [0.4, 0.5) is 13.2 Å².